The fourth-order valence-electron chi connectivity index (χ4n) is 2.45. The molecule has 3 nitrogen and oxygen atoms in total. The molecule has 0 amide bonds. The molecule has 0 radical (unpaired) electrons. The van der Waals surface area contributed by atoms with Crippen LogP contribution in [0.1, 0.15) is 36.9 Å². The van der Waals surface area contributed by atoms with Crippen molar-refractivity contribution >= 4 is 0 Å². The topological polar surface area (TPSA) is 44.5 Å². The molecule has 1 aliphatic carbocycles. The molecule has 1 aliphatic rings. The molecule has 1 aromatic carbocycles. The highest BCUT2D eigenvalue weighted by atomic mass is 16.5. The third kappa shape index (κ3) is 2.79. The zero-order chi connectivity index (χ0) is 12.3. The van der Waals surface area contributed by atoms with E-state index in [0.29, 0.717) is 6.61 Å². The molecule has 94 valence electrons. The lowest BCUT2D eigenvalue weighted by Gasteiger charge is -2.25. The van der Waals surface area contributed by atoms with E-state index in [1.807, 2.05) is 19.1 Å². The first kappa shape index (κ1) is 12.4. The summed E-state index contributed by atoms with van der Waals surface area (Å²) >= 11 is 0. The van der Waals surface area contributed by atoms with E-state index in [1.54, 1.807) is 7.11 Å². The first-order valence-corrected chi connectivity index (χ1v) is 6.25. The first-order chi connectivity index (χ1) is 8.22. The summed E-state index contributed by atoms with van der Waals surface area (Å²) in [6, 6.07) is 6.34. The van der Waals surface area contributed by atoms with Crippen molar-refractivity contribution < 1.29 is 9.47 Å². The van der Waals surface area contributed by atoms with Crippen molar-refractivity contribution in [3.8, 4) is 5.75 Å². The predicted molar refractivity (Wildman–Crippen MR) is 68.3 cm³/mol. The molecule has 0 saturated heterocycles. The number of nitrogens with two attached hydrogens (primary N) is 1. The second-order valence-electron chi connectivity index (χ2n) is 4.71. The second kappa shape index (κ2) is 5.52. The number of methoxy groups -OCH3 is 1. The molecule has 0 fully saturated rings. The smallest absolute Gasteiger partial charge is 0.123 e. The molecular weight excluding hydrogens is 214 g/mol. The van der Waals surface area contributed by atoms with Gasteiger partial charge in [0.25, 0.3) is 0 Å². The van der Waals surface area contributed by atoms with Crippen molar-refractivity contribution in [3.63, 3.8) is 0 Å². The maximum Gasteiger partial charge on any atom is 0.123 e. The normalized spacial score (nSPS) is 20.8. The van der Waals surface area contributed by atoms with Crippen LogP contribution in [0, 0.1) is 0 Å². The lowest BCUT2D eigenvalue weighted by atomic mass is 9.87. The Hall–Kier alpha value is -1.06. The van der Waals surface area contributed by atoms with E-state index in [1.165, 1.54) is 11.1 Å². The van der Waals surface area contributed by atoms with Crippen LogP contribution in [0.4, 0.5) is 0 Å². The maximum atomic E-state index is 6.12. The molecule has 0 bridgehead atoms. The Morgan fingerprint density at radius 2 is 2.29 bits per heavy atom. The van der Waals surface area contributed by atoms with Crippen molar-refractivity contribution in [1.82, 2.24) is 0 Å². The highest BCUT2D eigenvalue weighted by Gasteiger charge is 2.20. The average molecular weight is 235 g/mol. The van der Waals surface area contributed by atoms with Gasteiger partial charge in [0.2, 0.25) is 0 Å². The van der Waals surface area contributed by atoms with Gasteiger partial charge in [-0.05, 0) is 43.4 Å². The summed E-state index contributed by atoms with van der Waals surface area (Å²) < 4.78 is 11.0. The fraction of sp³-hybridized carbons (Fsp3) is 0.571. The molecule has 0 saturated carbocycles. The zero-order valence-corrected chi connectivity index (χ0v) is 10.6. The second-order valence-corrected chi connectivity index (χ2v) is 4.71. The number of ether oxygens (including phenoxy) is 2. The van der Waals surface area contributed by atoms with Gasteiger partial charge in [-0.1, -0.05) is 12.1 Å². The predicted octanol–water partition coefficient (Wildman–Crippen LogP) is 2.44. The Morgan fingerprint density at radius 1 is 1.47 bits per heavy atom. The Morgan fingerprint density at radius 3 is 3.06 bits per heavy atom. The minimum atomic E-state index is 0.0738. The number of rotatable bonds is 4. The van der Waals surface area contributed by atoms with Crippen LogP contribution in [0.2, 0.25) is 0 Å². The summed E-state index contributed by atoms with van der Waals surface area (Å²) in [5, 5.41) is 0. The van der Waals surface area contributed by atoms with E-state index in [0.717, 1.165) is 25.0 Å². The molecule has 3 heteroatoms. The number of benzene rings is 1. The molecule has 0 heterocycles. The summed E-state index contributed by atoms with van der Waals surface area (Å²) in [6.45, 7) is 2.63. The van der Waals surface area contributed by atoms with Crippen molar-refractivity contribution in [3.05, 3.63) is 29.3 Å². The molecule has 2 N–H and O–H groups in total. The lowest BCUT2D eigenvalue weighted by molar-refractivity contribution is 0.0912. The standard InChI is InChI=1S/C14H21NO2/c1-10(9-16-2)17-14-8-4-5-11-12(14)6-3-7-13(11)15/h4-5,8,10,13H,3,6-7,9,15H2,1-2H3. The summed E-state index contributed by atoms with van der Waals surface area (Å²) in [4.78, 5) is 0. The van der Waals surface area contributed by atoms with Crippen molar-refractivity contribution in [2.24, 2.45) is 5.73 Å². The van der Waals surface area contributed by atoms with Crippen molar-refractivity contribution in [2.75, 3.05) is 13.7 Å². The summed E-state index contributed by atoms with van der Waals surface area (Å²) in [7, 11) is 1.69. The number of fused-ring (bicyclic) bond motifs is 1. The summed E-state index contributed by atoms with van der Waals surface area (Å²) in [6.07, 6.45) is 3.36. The maximum absolute atomic E-state index is 6.12. The van der Waals surface area contributed by atoms with E-state index in [4.69, 9.17) is 15.2 Å². The largest absolute Gasteiger partial charge is 0.488 e. The van der Waals surface area contributed by atoms with Crippen LogP contribution >= 0.6 is 0 Å². The zero-order valence-electron chi connectivity index (χ0n) is 10.6. The SMILES string of the molecule is COCC(C)Oc1cccc2c1CCCC2N. The molecule has 0 aliphatic heterocycles. The number of hydrogen-bond donors (Lipinski definition) is 1. The van der Waals surface area contributed by atoms with E-state index in [9.17, 15) is 0 Å². The third-order valence-corrected chi connectivity index (χ3v) is 3.24. The van der Waals surface area contributed by atoms with Crippen LogP contribution in [0.3, 0.4) is 0 Å². The first-order valence-electron chi connectivity index (χ1n) is 6.25. The van der Waals surface area contributed by atoms with E-state index in [-0.39, 0.29) is 12.1 Å². The Kier molecular flexibility index (Phi) is 4.02. The van der Waals surface area contributed by atoms with Crippen LogP contribution < -0.4 is 10.5 Å². The minimum Gasteiger partial charge on any atom is -0.488 e. The highest BCUT2D eigenvalue weighted by Crippen LogP contribution is 2.34. The lowest BCUT2D eigenvalue weighted by Crippen LogP contribution is -2.22. The minimum absolute atomic E-state index is 0.0738. The third-order valence-electron chi connectivity index (χ3n) is 3.24. The van der Waals surface area contributed by atoms with Gasteiger partial charge in [0.15, 0.2) is 0 Å². The van der Waals surface area contributed by atoms with Crippen LogP contribution in [-0.4, -0.2) is 19.8 Å². The molecule has 2 atom stereocenters. The van der Waals surface area contributed by atoms with Crippen LogP contribution in [0.5, 0.6) is 5.75 Å². The molecule has 2 rings (SSSR count). The Labute approximate surface area is 103 Å². The number of hydrogen-bond acceptors (Lipinski definition) is 3. The van der Waals surface area contributed by atoms with Crippen LogP contribution in [-0.2, 0) is 11.2 Å². The van der Waals surface area contributed by atoms with Crippen molar-refractivity contribution in [1.29, 1.82) is 0 Å². The van der Waals surface area contributed by atoms with Gasteiger partial charge in [-0.2, -0.15) is 0 Å². The van der Waals surface area contributed by atoms with Gasteiger partial charge in [0.1, 0.15) is 11.9 Å². The van der Waals surface area contributed by atoms with Gasteiger partial charge >= 0.3 is 0 Å². The Bertz CT molecular complexity index is 378. The molecule has 2 unspecified atom stereocenters. The fourth-order valence-corrected chi connectivity index (χ4v) is 2.45. The van der Waals surface area contributed by atoms with Gasteiger partial charge in [0.05, 0.1) is 6.61 Å². The Balaban J connectivity index is 2.20. The average Bonchev–Trinajstić information content (AvgIpc) is 2.31. The van der Waals surface area contributed by atoms with Gasteiger partial charge < -0.3 is 15.2 Å². The van der Waals surface area contributed by atoms with E-state index in [2.05, 4.69) is 6.07 Å². The highest BCUT2D eigenvalue weighted by molar-refractivity contribution is 5.43. The van der Waals surface area contributed by atoms with Gasteiger partial charge in [-0.15, -0.1) is 0 Å². The van der Waals surface area contributed by atoms with Gasteiger partial charge in [-0.3, -0.25) is 0 Å². The van der Waals surface area contributed by atoms with Gasteiger partial charge in [-0.25, -0.2) is 0 Å². The van der Waals surface area contributed by atoms with Crippen LogP contribution in [0.15, 0.2) is 18.2 Å². The molecule has 0 aromatic heterocycles. The molecule has 0 spiro atoms. The van der Waals surface area contributed by atoms with E-state index >= 15 is 0 Å². The monoisotopic (exact) mass is 235 g/mol. The van der Waals surface area contributed by atoms with Gasteiger partial charge in [0, 0.05) is 13.2 Å². The van der Waals surface area contributed by atoms with E-state index < -0.39 is 0 Å². The van der Waals surface area contributed by atoms with Crippen LogP contribution in [0.25, 0.3) is 0 Å². The summed E-state index contributed by atoms with van der Waals surface area (Å²) in [5.74, 6) is 0.974. The summed E-state index contributed by atoms with van der Waals surface area (Å²) in [5.41, 5.74) is 8.66. The molecule has 17 heavy (non-hydrogen) atoms. The molecular formula is C14H21NO2. The quantitative estimate of drug-likeness (QED) is 0.871. The van der Waals surface area contributed by atoms with Crippen molar-refractivity contribution in [2.45, 2.75) is 38.3 Å². The molecule has 1 aromatic rings.